The highest BCUT2D eigenvalue weighted by molar-refractivity contribution is 5.42. The van der Waals surface area contributed by atoms with Gasteiger partial charge in [0, 0.05) is 13.0 Å². The molecule has 1 aromatic carbocycles. The molecular formula is C14H22O3. The topological polar surface area (TPSA) is 49.7 Å². The number of methoxy groups -OCH3 is 1. The van der Waals surface area contributed by atoms with Crippen LogP contribution in [0.1, 0.15) is 44.4 Å². The van der Waals surface area contributed by atoms with Gasteiger partial charge < -0.3 is 14.9 Å². The van der Waals surface area contributed by atoms with E-state index in [1.165, 1.54) is 0 Å². The second-order valence-corrected chi connectivity index (χ2v) is 5.24. The number of ether oxygens (including phenoxy) is 1. The highest BCUT2D eigenvalue weighted by atomic mass is 16.5. The van der Waals surface area contributed by atoms with Crippen molar-refractivity contribution in [2.45, 2.75) is 38.7 Å². The van der Waals surface area contributed by atoms with Gasteiger partial charge >= 0.3 is 0 Å². The van der Waals surface area contributed by atoms with Crippen LogP contribution in [0.5, 0.6) is 5.75 Å². The summed E-state index contributed by atoms with van der Waals surface area (Å²) in [4.78, 5) is 0. The molecule has 96 valence electrons. The van der Waals surface area contributed by atoms with Gasteiger partial charge in [0.05, 0.1) is 13.2 Å². The maximum absolute atomic E-state index is 9.87. The molecule has 1 unspecified atom stereocenters. The van der Waals surface area contributed by atoms with E-state index in [0.717, 1.165) is 16.9 Å². The van der Waals surface area contributed by atoms with Gasteiger partial charge in [-0.05, 0) is 28.7 Å². The molecule has 3 heteroatoms. The lowest BCUT2D eigenvalue weighted by molar-refractivity contribution is 0.134. The lowest BCUT2D eigenvalue weighted by Gasteiger charge is -2.23. The van der Waals surface area contributed by atoms with Crippen molar-refractivity contribution < 1.29 is 14.9 Å². The number of hydrogen-bond donors (Lipinski definition) is 2. The Morgan fingerprint density at radius 2 is 1.94 bits per heavy atom. The summed E-state index contributed by atoms with van der Waals surface area (Å²) in [7, 11) is 1.65. The summed E-state index contributed by atoms with van der Waals surface area (Å²) in [6, 6.07) is 5.67. The Balaban J connectivity index is 3.13. The van der Waals surface area contributed by atoms with Crippen LogP contribution in [-0.2, 0) is 5.41 Å². The maximum atomic E-state index is 9.87. The van der Waals surface area contributed by atoms with Crippen molar-refractivity contribution >= 4 is 0 Å². The molecule has 0 aromatic heterocycles. The van der Waals surface area contributed by atoms with Gasteiger partial charge in [0.2, 0.25) is 0 Å². The summed E-state index contributed by atoms with van der Waals surface area (Å²) in [5, 5.41) is 18.7. The van der Waals surface area contributed by atoms with E-state index < -0.39 is 6.10 Å². The second-order valence-electron chi connectivity index (χ2n) is 5.24. The summed E-state index contributed by atoms with van der Waals surface area (Å²) in [6.07, 6.45) is -0.261. The van der Waals surface area contributed by atoms with E-state index in [1.54, 1.807) is 7.11 Å². The predicted octanol–water partition coefficient (Wildman–Crippen LogP) is 2.41. The van der Waals surface area contributed by atoms with Gasteiger partial charge in [-0.2, -0.15) is 0 Å². The minimum atomic E-state index is -0.619. The fraction of sp³-hybridized carbons (Fsp3) is 0.571. The molecule has 3 nitrogen and oxygen atoms in total. The van der Waals surface area contributed by atoms with Crippen molar-refractivity contribution in [1.29, 1.82) is 0 Å². The first-order chi connectivity index (χ1) is 7.90. The minimum absolute atomic E-state index is 0.0158. The molecular weight excluding hydrogens is 216 g/mol. The van der Waals surface area contributed by atoms with Gasteiger partial charge in [-0.3, -0.25) is 0 Å². The van der Waals surface area contributed by atoms with E-state index in [2.05, 4.69) is 20.8 Å². The number of rotatable bonds is 4. The molecule has 0 aliphatic rings. The standard InChI is InChI=1S/C14H22O3/c1-14(2,3)11-9-10(12(16)7-8-15)5-6-13(11)17-4/h5-6,9,12,15-16H,7-8H2,1-4H3. The van der Waals surface area contributed by atoms with Crippen molar-refractivity contribution in [3.8, 4) is 5.75 Å². The van der Waals surface area contributed by atoms with Crippen LogP contribution in [0.15, 0.2) is 18.2 Å². The normalized spacial score (nSPS) is 13.5. The third-order valence-corrected chi connectivity index (χ3v) is 2.82. The molecule has 2 N–H and O–H groups in total. The van der Waals surface area contributed by atoms with Gasteiger partial charge in [-0.25, -0.2) is 0 Å². The first-order valence-electron chi connectivity index (χ1n) is 5.87. The van der Waals surface area contributed by atoms with Gasteiger partial charge in [-0.1, -0.05) is 26.8 Å². The van der Waals surface area contributed by atoms with Crippen LogP contribution in [0, 0.1) is 0 Å². The molecule has 1 aromatic rings. The van der Waals surface area contributed by atoms with Crippen LogP contribution < -0.4 is 4.74 Å². The Morgan fingerprint density at radius 1 is 1.29 bits per heavy atom. The van der Waals surface area contributed by atoms with Crippen LogP contribution in [0.2, 0.25) is 0 Å². The predicted molar refractivity (Wildman–Crippen MR) is 68.4 cm³/mol. The molecule has 0 saturated heterocycles. The van der Waals surface area contributed by atoms with E-state index in [9.17, 15) is 5.11 Å². The number of aliphatic hydroxyl groups excluding tert-OH is 2. The van der Waals surface area contributed by atoms with Crippen molar-refractivity contribution in [3.05, 3.63) is 29.3 Å². The quantitative estimate of drug-likeness (QED) is 0.847. The largest absolute Gasteiger partial charge is 0.496 e. The smallest absolute Gasteiger partial charge is 0.122 e. The molecule has 0 aliphatic carbocycles. The van der Waals surface area contributed by atoms with Crippen LogP contribution >= 0.6 is 0 Å². The molecule has 0 fully saturated rings. The summed E-state index contributed by atoms with van der Waals surface area (Å²) in [6.45, 7) is 6.30. The van der Waals surface area contributed by atoms with Gasteiger partial charge in [0.25, 0.3) is 0 Å². The van der Waals surface area contributed by atoms with Crippen LogP contribution in [0.25, 0.3) is 0 Å². The van der Waals surface area contributed by atoms with E-state index in [4.69, 9.17) is 9.84 Å². The van der Waals surface area contributed by atoms with Crippen molar-refractivity contribution in [3.63, 3.8) is 0 Å². The summed E-state index contributed by atoms with van der Waals surface area (Å²) in [5.41, 5.74) is 1.85. The van der Waals surface area contributed by atoms with Crippen molar-refractivity contribution in [2.75, 3.05) is 13.7 Å². The molecule has 0 bridgehead atoms. The molecule has 1 atom stereocenters. The first-order valence-corrected chi connectivity index (χ1v) is 5.87. The van der Waals surface area contributed by atoms with Gasteiger partial charge in [0.1, 0.15) is 5.75 Å². The number of hydrogen-bond acceptors (Lipinski definition) is 3. The molecule has 0 saturated carbocycles. The maximum Gasteiger partial charge on any atom is 0.122 e. The van der Waals surface area contributed by atoms with Crippen molar-refractivity contribution in [2.24, 2.45) is 0 Å². The van der Waals surface area contributed by atoms with Gasteiger partial charge in [-0.15, -0.1) is 0 Å². The highest BCUT2D eigenvalue weighted by Gasteiger charge is 2.20. The summed E-state index contributed by atoms with van der Waals surface area (Å²) >= 11 is 0. The Labute approximate surface area is 103 Å². The van der Waals surface area contributed by atoms with E-state index >= 15 is 0 Å². The average molecular weight is 238 g/mol. The Morgan fingerprint density at radius 3 is 2.41 bits per heavy atom. The minimum Gasteiger partial charge on any atom is -0.496 e. The number of aliphatic hydroxyl groups is 2. The second kappa shape index (κ2) is 5.52. The van der Waals surface area contributed by atoms with E-state index in [-0.39, 0.29) is 12.0 Å². The number of benzene rings is 1. The fourth-order valence-corrected chi connectivity index (χ4v) is 1.81. The molecule has 0 aliphatic heterocycles. The Kier molecular flexibility index (Phi) is 4.54. The monoisotopic (exact) mass is 238 g/mol. The molecule has 1 rings (SSSR count). The zero-order valence-electron chi connectivity index (χ0n) is 11.0. The van der Waals surface area contributed by atoms with Crippen LogP contribution in [-0.4, -0.2) is 23.9 Å². The third-order valence-electron chi connectivity index (χ3n) is 2.82. The summed E-state index contributed by atoms with van der Waals surface area (Å²) in [5.74, 6) is 0.831. The Hall–Kier alpha value is -1.06. The first kappa shape index (κ1) is 14.0. The van der Waals surface area contributed by atoms with Crippen LogP contribution in [0.4, 0.5) is 0 Å². The molecule has 0 radical (unpaired) electrons. The van der Waals surface area contributed by atoms with E-state index in [0.29, 0.717) is 6.42 Å². The average Bonchev–Trinajstić information content (AvgIpc) is 2.27. The summed E-state index contributed by atoms with van der Waals surface area (Å²) < 4.78 is 5.34. The molecule has 17 heavy (non-hydrogen) atoms. The van der Waals surface area contributed by atoms with E-state index in [1.807, 2.05) is 18.2 Å². The molecule has 0 spiro atoms. The van der Waals surface area contributed by atoms with Gasteiger partial charge in [0.15, 0.2) is 0 Å². The van der Waals surface area contributed by atoms with Crippen molar-refractivity contribution in [1.82, 2.24) is 0 Å². The Bertz CT molecular complexity index is 366. The SMILES string of the molecule is COc1ccc(C(O)CCO)cc1C(C)(C)C. The zero-order valence-corrected chi connectivity index (χ0v) is 11.0. The fourth-order valence-electron chi connectivity index (χ4n) is 1.81. The molecule has 0 heterocycles. The lowest BCUT2D eigenvalue weighted by atomic mass is 9.84. The zero-order chi connectivity index (χ0) is 13.1. The van der Waals surface area contributed by atoms with Crippen LogP contribution in [0.3, 0.4) is 0 Å². The third kappa shape index (κ3) is 3.45. The molecule has 0 amide bonds. The highest BCUT2D eigenvalue weighted by Crippen LogP contribution is 2.33. The lowest BCUT2D eigenvalue weighted by Crippen LogP contribution is -2.14.